The van der Waals surface area contributed by atoms with E-state index < -0.39 is 0 Å². The molecule has 0 aromatic heterocycles. The van der Waals surface area contributed by atoms with Crippen molar-refractivity contribution in [2.45, 2.75) is 19.3 Å². The number of nitrogens with two attached hydrogens (primary N) is 1. The molecule has 0 amide bonds. The molecule has 0 radical (unpaired) electrons. The zero-order valence-corrected chi connectivity index (χ0v) is 9.44. The van der Waals surface area contributed by atoms with Gasteiger partial charge in [0, 0.05) is 25.3 Å². The lowest BCUT2D eigenvalue weighted by atomic mass is 10.0. The lowest BCUT2D eigenvalue weighted by molar-refractivity contribution is 0.314. The first kappa shape index (κ1) is 11.7. The number of nitrogens with one attached hydrogen (secondary N) is 1. The Morgan fingerprint density at radius 3 is 2.86 bits per heavy atom. The molecule has 0 aliphatic heterocycles. The minimum atomic E-state index is 0.286. The van der Waals surface area contributed by atoms with Gasteiger partial charge in [0.2, 0.25) is 0 Å². The molecule has 0 saturated heterocycles. The molecule has 0 aromatic rings. The van der Waals surface area contributed by atoms with Crippen molar-refractivity contribution >= 4 is 17.6 Å². The maximum absolute atomic E-state index is 8.47. The highest BCUT2D eigenvalue weighted by molar-refractivity contribution is 7.98. The van der Waals surface area contributed by atoms with E-state index in [9.17, 15) is 0 Å². The molecule has 1 rings (SSSR count). The normalized spacial score (nSPS) is 19.6. The fourth-order valence-electron chi connectivity index (χ4n) is 1.54. The largest absolute Gasteiger partial charge is 0.409 e. The molecule has 1 saturated carbocycles. The number of thioether (sulfide) groups is 1. The van der Waals surface area contributed by atoms with Crippen molar-refractivity contribution in [1.29, 1.82) is 0 Å². The molecule has 1 aliphatic carbocycles. The van der Waals surface area contributed by atoms with Crippen LogP contribution in [0.2, 0.25) is 0 Å². The molecule has 1 fully saturated rings. The van der Waals surface area contributed by atoms with Crippen LogP contribution in [-0.4, -0.2) is 36.1 Å². The van der Waals surface area contributed by atoms with E-state index in [4.69, 9.17) is 10.9 Å². The third-order valence-electron chi connectivity index (χ3n) is 2.62. The maximum atomic E-state index is 8.47. The van der Waals surface area contributed by atoms with E-state index in [0.29, 0.717) is 5.84 Å². The first-order valence-electron chi connectivity index (χ1n) is 4.88. The summed E-state index contributed by atoms with van der Waals surface area (Å²) in [6, 6.07) is 0. The molecular weight excluding hydrogens is 198 g/mol. The van der Waals surface area contributed by atoms with Gasteiger partial charge in [-0.05, 0) is 24.5 Å². The van der Waals surface area contributed by atoms with Crippen LogP contribution in [0.5, 0.6) is 0 Å². The van der Waals surface area contributed by atoms with Crippen molar-refractivity contribution in [1.82, 2.24) is 5.32 Å². The molecule has 0 spiro atoms. The molecule has 0 aromatic carbocycles. The lowest BCUT2D eigenvalue weighted by Gasteiger charge is -2.14. The van der Waals surface area contributed by atoms with Crippen LogP contribution in [-0.2, 0) is 0 Å². The van der Waals surface area contributed by atoms with Crippen molar-refractivity contribution in [3.8, 4) is 0 Å². The topological polar surface area (TPSA) is 70.6 Å². The second kappa shape index (κ2) is 5.46. The van der Waals surface area contributed by atoms with Gasteiger partial charge in [-0.1, -0.05) is 5.16 Å². The van der Waals surface area contributed by atoms with Crippen LogP contribution in [0.1, 0.15) is 19.3 Å². The molecule has 14 heavy (non-hydrogen) atoms. The Balaban J connectivity index is 2.16. The van der Waals surface area contributed by atoms with Crippen molar-refractivity contribution in [2.24, 2.45) is 16.3 Å². The van der Waals surface area contributed by atoms with Crippen LogP contribution in [0.4, 0.5) is 0 Å². The Bertz CT molecular complexity index is 204. The average Bonchev–Trinajstić information content (AvgIpc) is 2.93. The highest BCUT2D eigenvalue weighted by Gasteiger charge is 2.42. The van der Waals surface area contributed by atoms with E-state index in [1.807, 2.05) is 11.8 Å². The van der Waals surface area contributed by atoms with Crippen molar-refractivity contribution in [2.75, 3.05) is 25.1 Å². The van der Waals surface area contributed by atoms with Gasteiger partial charge < -0.3 is 16.3 Å². The quantitative estimate of drug-likeness (QED) is 0.194. The predicted molar refractivity (Wildman–Crippen MR) is 60.9 cm³/mol. The summed E-state index contributed by atoms with van der Waals surface area (Å²) >= 11 is 1.84. The first-order chi connectivity index (χ1) is 6.72. The van der Waals surface area contributed by atoms with E-state index in [2.05, 4.69) is 16.7 Å². The van der Waals surface area contributed by atoms with Gasteiger partial charge >= 0.3 is 0 Å². The number of nitrogens with zero attached hydrogens (tertiary/aromatic N) is 1. The van der Waals surface area contributed by atoms with Crippen LogP contribution in [0.3, 0.4) is 0 Å². The lowest BCUT2D eigenvalue weighted by Crippen LogP contribution is -2.29. The summed E-state index contributed by atoms with van der Waals surface area (Å²) in [7, 11) is 0. The molecule has 4 nitrogen and oxygen atoms in total. The second-order valence-electron chi connectivity index (χ2n) is 3.94. The second-order valence-corrected chi connectivity index (χ2v) is 4.92. The van der Waals surface area contributed by atoms with Crippen LogP contribution in [0, 0.1) is 5.41 Å². The summed E-state index contributed by atoms with van der Waals surface area (Å²) in [5.74, 6) is 1.49. The van der Waals surface area contributed by atoms with Gasteiger partial charge in [0.25, 0.3) is 0 Å². The minimum absolute atomic E-state index is 0.286. The standard InChI is InChI=1S/C9H19N3OS/c1-14-5-4-11-7-9(2-3-9)6-8(10)12-13/h11,13H,2-7H2,1H3,(H2,10,12). The summed E-state index contributed by atoms with van der Waals surface area (Å²) in [6.45, 7) is 2.03. The number of hydrogen-bond donors (Lipinski definition) is 3. The Hall–Kier alpha value is -0.420. The van der Waals surface area contributed by atoms with E-state index in [1.54, 1.807) is 0 Å². The van der Waals surface area contributed by atoms with Crippen molar-refractivity contribution in [3.63, 3.8) is 0 Å². The zero-order valence-electron chi connectivity index (χ0n) is 8.62. The predicted octanol–water partition coefficient (Wildman–Crippen LogP) is 0.856. The van der Waals surface area contributed by atoms with Gasteiger partial charge in [0.05, 0.1) is 0 Å². The van der Waals surface area contributed by atoms with Gasteiger partial charge in [0.15, 0.2) is 0 Å². The summed E-state index contributed by atoms with van der Waals surface area (Å²) in [5.41, 5.74) is 5.78. The summed E-state index contributed by atoms with van der Waals surface area (Å²) in [4.78, 5) is 0. The van der Waals surface area contributed by atoms with Crippen LogP contribution in [0.25, 0.3) is 0 Å². The SMILES string of the molecule is CSCCNCC1(CC(N)=NO)CC1. The van der Waals surface area contributed by atoms with Crippen LogP contribution < -0.4 is 11.1 Å². The molecule has 0 unspecified atom stereocenters. The molecule has 1 aliphatic rings. The van der Waals surface area contributed by atoms with E-state index >= 15 is 0 Å². The summed E-state index contributed by atoms with van der Waals surface area (Å²) < 4.78 is 0. The van der Waals surface area contributed by atoms with Gasteiger partial charge in [-0.3, -0.25) is 0 Å². The third kappa shape index (κ3) is 3.75. The fourth-order valence-corrected chi connectivity index (χ4v) is 1.89. The van der Waals surface area contributed by atoms with Gasteiger partial charge in [-0.25, -0.2) is 0 Å². The van der Waals surface area contributed by atoms with Crippen molar-refractivity contribution in [3.05, 3.63) is 0 Å². The van der Waals surface area contributed by atoms with Crippen LogP contribution >= 0.6 is 11.8 Å². The monoisotopic (exact) mass is 217 g/mol. The Kier molecular flexibility index (Phi) is 4.54. The van der Waals surface area contributed by atoms with Crippen LogP contribution in [0.15, 0.2) is 5.16 Å². The van der Waals surface area contributed by atoms with Gasteiger partial charge in [-0.2, -0.15) is 11.8 Å². The smallest absolute Gasteiger partial charge is 0.139 e. The van der Waals surface area contributed by atoms with Gasteiger partial charge in [0.1, 0.15) is 5.84 Å². The Morgan fingerprint density at radius 2 is 2.36 bits per heavy atom. The molecule has 82 valence electrons. The summed E-state index contributed by atoms with van der Waals surface area (Å²) in [6.07, 6.45) is 5.20. The average molecular weight is 217 g/mol. The molecule has 5 heteroatoms. The number of rotatable bonds is 7. The van der Waals surface area contributed by atoms with E-state index in [-0.39, 0.29) is 5.41 Å². The maximum Gasteiger partial charge on any atom is 0.139 e. The summed E-state index contributed by atoms with van der Waals surface area (Å²) in [5, 5.41) is 14.9. The minimum Gasteiger partial charge on any atom is -0.409 e. The van der Waals surface area contributed by atoms with E-state index in [0.717, 1.165) is 25.3 Å². The zero-order chi connectivity index (χ0) is 10.4. The fraction of sp³-hybridized carbons (Fsp3) is 0.889. The van der Waals surface area contributed by atoms with Crippen molar-refractivity contribution < 1.29 is 5.21 Å². The molecule has 0 atom stereocenters. The highest BCUT2D eigenvalue weighted by atomic mass is 32.2. The van der Waals surface area contributed by atoms with Gasteiger partial charge in [-0.15, -0.1) is 0 Å². The Morgan fingerprint density at radius 1 is 1.64 bits per heavy atom. The van der Waals surface area contributed by atoms with E-state index in [1.165, 1.54) is 12.8 Å². The Labute approximate surface area is 89.3 Å². The molecular formula is C9H19N3OS. The molecule has 0 heterocycles. The number of amidine groups is 1. The first-order valence-corrected chi connectivity index (χ1v) is 6.28. The molecule has 0 bridgehead atoms. The third-order valence-corrected chi connectivity index (χ3v) is 3.24. The number of oxime groups is 1. The number of hydrogen-bond acceptors (Lipinski definition) is 4. The molecule has 4 N–H and O–H groups in total. The highest BCUT2D eigenvalue weighted by Crippen LogP contribution is 2.48.